The van der Waals surface area contributed by atoms with E-state index in [1.54, 1.807) is 23.0 Å². The average molecular weight is 400 g/mol. The summed E-state index contributed by atoms with van der Waals surface area (Å²) in [7, 11) is 1.53. The number of ether oxygens (including phenoxy) is 1. The Balaban J connectivity index is 1.76. The van der Waals surface area contributed by atoms with E-state index in [0.29, 0.717) is 35.1 Å². The van der Waals surface area contributed by atoms with Crippen molar-refractivity contribution in [2.45, 2.75) is 32.7 Å². The Morgan fingerprint density at radius 3 is 2.68 bits per heavy atom. The first-order valence-electron chi connectivity index (χ1n) is 9.02. The second-order valence-electron chi connectivity index (χ2n) is 6.37. The van der Waals surface area contributed by atoms with E-state index in [4.69, 9.17) is 16.3 Å². The summed E-state index contributed by atoms with van der Waals surface area (Å²) in [5.74, 6) is 0.769. The molecule has 0 saturated heterocycles. The zero-order chi connectivity index (χ0) is 20.1. The van der Waals surface area contributed by atoms with Crippen LogP contribution in [0.15, 0.2) is 42.6 Å². The first-order chi connectivity index (χ1) is 13.5. The maximum Gasteiger partial charge on any atom is 0.254 e. The molecule has 1 atom stereocenters. The van der Waals surface area contributed by atoms with Gasteiger partial charge in [0.2, 0.25) is 5.88 Å². The van der Waals surface area contributed by atoms with E-state index in [1.165, 1.54) is 7.11 Å². The van der Waals surface area contributed by atoms with Crippen LogP contribution in [0.3, 0.4) is 0 Å². The second kappa shape index (κ2) is 8.84. The lowest BCUT2D eigenvalue weighted by Crippen LogP contribution is -2.34. The Bertz CT molecular complexity index is 955. The molecule has 28 heavy (non-hydrogen) atoms. The van der Waals surface area contributed by atoms with E-state index in [0.717, 1.165) is 11.3 Å². The van der Waals surface area contributed by atoms with E-state index in [2.05, 4.69) is 20.6 Å². The average Bonchev–Trinajstić information content (AvgIpc) is 3.14. The molecule has 1 N–H and O–H groups in total. The number of halogens is 1. The van der Waals surface area contributed by atoms with Gasteiger partial charge in [-0.1, -0.05) is 36.7 Å². The molecule has 0 bridgehead atoms. The number of benzene rings is 1. The lowest BCUT2D eigenvalue weighted by atomic mass is 10.1. The fourth-order valence-electron chi connectivity index (χ4n) is 2.98. The summed E-state index contributed by atoms with van der Waals surface area (Å²) < 4.78 is 6.65. The van der Waals surface area contributed by atoms with Gasteiger partial charge in [0, 0.05) is 17.1 Å². The quantitative estimate of drug-likeness (QED) is 0.659. The van der Waals surface area contributed by atoms with Crippen LogP contribution in [0.2, 0.25) is 5.02 Å². The van der Waals surface area contributed by atoms with Crippen molar-refractivity contribution >= 4 is 17.5 Å². The van der Waals surface area contributed by atoms with Gasteiger partial charge in [-0.05, 0) is 37.5 Å². The molecule has 2 aromatic heterocycles. The molecule has 0 unspecified atom stereocenters. The van der Waals surface area contributed by atoms with Crippen molar-refractivity contribution < 1.29 is 9.53 Å². The number of carbonyl (C=O) groups is 1. The molecule has 1 aromatic carbocycles. The fourth-order valence-corrected chi connectivity index (χ4v) is 3.20. The summed E-state index contributed by atoms with van der Waals surface area (Å²) in [5.41, 5.74) is 2.28. The van der Waals surface area contributed by atoms with Gasteiger partial charge in [-0.3, -0.25) is 4.79 Å². The van der Waals surface area contributed by atoms with Gasteiger partial charge in [0.25, 0.3) is 5.91 Å². The smallest absolute Gasteiger partial charge is 0.254 e. The molecule has 8 heteroatoms. The SMILES string of the molecule is CCc1c(C(=O)N[C@@H](C)Cc2ccccc2Cl)cnn1-c1ccc(OC)nn1. The van der Waals surface area contributed by atoms with Crippen molar-refractivity contribution in [1.82, 2.24) is 25.3 Å². The molecule has 0 aliphatic carbocycles. The molecular formula is C20H22ClN5O2. The lowest BCUT2D eigenvalue weighted by Gasteiger charge is -2.15. The van der Waals surface area contributed by atoms with Crippen LogP contribution in [-0.2, 0) is 12.8 Å². The summed E-state index contributed by atoms with van der Waals surface area (Å²) in [6.07, 6.45) is 2.82. The molecule has 146 valence electrons. The number of amides is 1. The maximum absolute atomic E-state index is 12.8. The third-order valence-electron chi connectivity index (χ3n) is 4.36. The molecule has 3 aromatic rings. The van der Waals surface area contributed by atoms with Crippen molar-refractivity contribution in [3.8, 4) is 11.7 Å². The van der Waals surface area contributed by atoms with Gasteiger partial charge >= 0.3 is 0 Å². The lowest BCUT2D eigenvalue weighted by molar-refractivity contribution is 0.0939. The number of hydrogen-bond donors (Lipinski definition) is 1. The molecule has 0 radical (unpaired) electrons. The first kappa shape index (κ1) is 19.8. The number of hydrogen-bond acceptors (Lipinski definition) is 5. The zero-order valence-electron chi connectivity index (χ0n) is 16.0. The zero-order valence-corrected chi connectivity index (χ0v) is 16.8. The van der Waals surface area contributed by atoms with Crippen LogP contribution < -0.4 is 10.1 Å². The van der Waals surface area contributed by atoms with E-state index in [1.807, 2.05) is 38.1 Å². The van der Waals surface area contributed by atoms with Gasteiger partial charge in [0.15, 0.2) is 5.82 Å². The van der Waals surface area contributed by atoms with Crippen LogP contribution >= 0.6 is 11.6 Å². The Kier molecular flexibility index (Phi) is 6.26. The molecule has 1 amide bonds. The van der Waals surface area contributed by atoms with E-state index < -0.39 is 0 Å². The molecule has 0 saturated carbocycles. The number of rotatable bonds is 7. The molecular weight excluding hydrogens is 378 g/mol. The Morgan fingerprint density at radius 2 is 2.04 bits per heavy atom. The van der Waals surface area contributed by atoms with Crippen LogP contribution in [-0.4, -0.2) is 39.0 Å². The standard InChI is InChI=1S/C20H22ClN5O2/c1-4-17-15(12-22-26(17)18-9-10-19(28-3)25-24-18)20(27)23-13(2)11-14-7-5-6-8-16(14)21/h5-10,12-13H,4,11H2,1-3H3,(H,23,27)/t13-/m0/s1. The van der Waals surface area contributed by atoms with Crippen LogP contribution in [0.5, 0.6) is 5.88 Å². The molecule has 7 nitrogen and oxygen atoms in total. The third kappa shape index (κ3) is 4.31. The van der Waals surface area contributed by atoms with Gasteiger partial charge < -0.3 is 10.1 Å². The minimum atomic E-state index is -0.177. The van der Waals surface area contributed by atoms with Gasteiger partial charge in [0.05, 0.1) is 24.6 Å². The summed E-state index contributed by atoms with van der Waals surface area (Å²) in [4.78, 5) is 12.8. The van der Waals surface area contributed by atoms with E-state index in [9.17, 15) is 4.79 Å². The highest BCUT2D eigenvalue weighted by Gasteiger charge is 2.20. The van der Waals surface area contributed by atoms with Gasteiger partial charge in [-0.2, -0.15) is 5.10 Å². The van der Waals surface area contributed by atoms with Crippen molar-refractivity contribution in [2.24, 2.45) is 0 Å². The second-order valence-corrected chi connectivity index (χ2v) is 6.78. The highest BCUT2D eigenvalue weighted by atomic mass is 35.5. The largest absolute Gasteiger partial charge is 0.480 e. The number of nitrogens with zero attached hydrogens (tertiary/aromatic N) is 4. The van der Waals surface area contributed by atoms with Crippen molar-refractivity contribution in [3.63, 3.8) is 0 Å². The monoisotopic (exact) mass is 399 g/mol. The highest BCUT2D eigenvalue weighted by Crippen LogP contribution is 2.18. The van der Waals surface area contributed by atoms with Crippen LogP contribution in [0, 0.1) is 0 Å². The molecule has 0 aliphatic heterocycles. The number of aromatic nitrogens is 4. The molecule has 0 aliphatic rings. The van der Waals surface area contributed by atoms with Crippen LogP contribution in [0.4, 0.5) is 0 Å². The first-order valence-corrected chi connectivity index (χ1v) is 9.40. The van der Waals surface area contributed by atoms with Crippen molar-refractivity contribution in [2.75, 3.05) is 7.11 Å². The molecule has 2 heterocycles. The summed E-state index contributed by atoms with van der Waals surface area (Å²) in [6.45, 7) is 3.92. The van der Waals surface area contributed by atoms with E-state index >= 15 is 0 Å². The summed E-state index contributed by atoms with van der Waals surface area (Å²) in [6, 6.07) is 11.0. The normalized spacial score (nSPS) is 11.9. The van der Waals surface area contributed by atoms with Crippen molar-refractivity contribution in [1.29, 1.82) is 0 Å². The maximum atomic E-state index is 12.8. The molecule has 3 rings (SSSR count). The van der Waals surface area contributed by atoms with Gasteiger partial charge in [-0.25, -0.2) is 4.68 Å². The molecule has 0 fully saturated rings. The third-order valence-corrected chi connectivity index (χ3v) is 4.73. The summed E-state index contributed by atoms with van der Waals surface area (Å²) >= 11 is 6.21. The number of carbonyl (C=O) groups excluding carboxylic acids is 1. The van der Waals surface area contributed by atoms with Crippen LogP contribution in [0.1, 0.15) is 35.5 Å². The Morgan fingerprint density at radius 1 is 1.25 bits per heavy atom. The number of methoxy groups -OCH3 is 1. The predicted molar refractivity (Wildman–Crippen MR) is 107 cm³/mol. The predicted octanol–water partition coefficient (Wildman–Crippen LogP) is 3.25. The van der Waals surface area contributed by atoms with E-state index in [-0.39, 0.29) is 11.9 Å². The highest BCUT2D eigenvalue weighted by molar-refractivity contribution is 6.31. The van der Waals surface area contributed by atoms with Gasteiger partial charge in [0.1, 0.15) is 0 Å². The Hall–Kier alpha value is -2.93. The minimum absolute atomic E-state index is 0.0822. The topological polar surface area (TPSA) is 81.9 Å². The minimum Gasteiger partial charge on any atom is -0.480 e. The van der Waals surface area contributed by atoms with Gasteiger partial charge in [-0.15, -0.1) is 10.2 Å². The summed E-state index contributed by atoms with van der Waals surface area (Å²) in [5, 5.41) is 16.1. The molecule has 0 spiro atoms. The number of nitrogens with one attached hydrogen (secondary N) is 1. The van der Waals surface area contributed by atoms with Crippen LogP contribution in [0.25, 0.3) is 5.82 Å². The van der Waals surface area contributed by atoms with Crippen molar-refractivity contribution in [3.05, 3.63) is 64.4 Å². The Labute approximate surface area is 168 Å². The fraction of sp³-hybridized carbons (Fsp3) is 0.300.